The molecule has 1 rings (SSSR count). The van der Waals surface area contributed by atoms with Crippen molar-refractivity contribution in [3.8, 4) is 5.75 Å². The zero-order valence-electron chi connectivity index (χ0n) is 11.6. The number of benzene rings is 1. The molecule has 1 aromatic carbocycles. The van der Waals surface area contributed by atoms with Crippen molar-refractivity contribution < 1.29 is 19.4 Å². The molecule has 1 aromatic rings. The average molecular weight is 265 g/mol. The third-order valence-electron chi connectivity index (χ3n) is 2.37. The van der Waals surface area contributed by atoms with E-state index >= 15 is 0 Å². The normalized spacial score (nSPS) is 10.6. The first-order valence-electron chi connectivity index (χ1n) is 6.16. The molecule has 0 aliphatic rings. The highest BCUT2D eigenvalue weighted by Gasteiger charge is 2.14. The fraction of sp³-hybridized carbons (Fsp3) is 0.429. The Balaban J connectivity index is 3.10. The minimum Gasteiger partial charge on any atom is -0.489 e. The second kappa shape index (κ2) is 6.22. The second-order valence-corrected chi connectivity index (χ2v) is 4.83. The molecule has 104 valence electrons. The van der Waals surface area contributed by atoms with Gasteiger partial charge < -0.3 is 15.2 Å². The van der Waals surface area contributed by atoms with Gasteiger partial charge in [-0.2, -0.15) is 0 Å². The van der Waals surface area contributed by atoms with Gasteiger partial charge in [-0.15, -0.1) is 0 Å². The molecular weight excluding hydrogens is 246 g/mol. The molecule has 0 aliphatic carbocycles. The molecule has 19 heavy (non-hydrogen) atoms. The quantitative estimate of drug-likeness (QED) is 0.858. The third-order valence-corrected chi connectivity index (χ3v) is 2.37. The summed E-state index contributed by atoms with van der Waals surface area (Å²) in [5.74, 6) is -0.957. The predicted octanol–water partition coefficient (Wildman–Crippen LogP) is 2.77. The smallest absolute Gasteiger partial charge is 0.335 e. The summed E-state index contributed by atoms with van der Waals surface area (Å²) in [4.78, 5) is 22.7. The second-order valence-electron chi connectivity index (χ2n) is 4.83. The fourth-order valence-electron chi connectivity index (χ4n) is 1.39. The van der Waals surface area contributed by atoms with Crippen molar-refractivity contribution in [1.29, 1.82) is 0 Å². The number of carboxylic acid groups (broad SMARTS) is 1. The van der Waals surface area contributed by atoms with Crippen LogP contribution in [0.5, 0.6) is 5.75 Å². The fourth-order valence-corrected chi connectivity index (χ4v) is 1.39. The van der Waals surface area contributed by atoms with Crippen LogP contribution in [0.3, 0.4) is 0 Å². The van der Waals surface area contributed by atoms with E-state index in [1.807, 2.05) is 13.8 Å². The van der Waals surface area contributed by atoms with Crippen molar-refractivity contribution in [2.45, 2.75) is 33.8 Å². The van der Waals surface area contributed by atoms with Crippen molar-refractivity contribution in [1.82, 2.24) is 0 Å². The number of anilines is 1. The van der Waals surface area contributed by atoms with Crippen LogP contribution in [-0.4, -0.2) is 23.1 Å². The minimum atomic E-state index is -1.05. The van der Waals surface area contributed by atoms with E-state index in [0.717, 1.165) is 0 Å². The predicted molar refractivity (Wildman–Crippen MR) is 72.6 cm³/mol. The number of ether oxygens (including phenoxy) is 1. The molecule has 0 saturated heterocycles. The van der Waals surface area contributed by atoms with Crippen molar-refractivity contribution in [2.24, 2.45) is 5.92 Å². The molecule has 0 atom stereocenters. The molecule has 0 radical (unpaired) electrons. The summed E-state index contributed by atoms with van der Waals surface area (Å²) in [6, 6.07) is 4.41. The van der Waals surface area contributed by atoms with Crippen LogP contribution in [0, 0.1) is 5.92 Å². The van der Waals surface area contributed by atoms with Crippen LogP contribution < -0.4 is 10.1 Å². The third kappa shape index (κ3) is 4.28. The molecule has 0 aliphatic heterocycles. The molecule has 0 bridgehead atoms. The highest BCUT2D eigenvalue weighted by atomic mass is 16.5. The van der Waals surface area contributed by atoms with Crippen LogP contribution >= 0.6 is 0 Å². The van der Waals surface area contributed by atoms with E-state index in [1.165, 1.54) is 12.1 Å². The molecule has 0 unspecified atom stereocenters. The first-order chi connectivity index (χ1) is 8.81. The van der Waals surface area contributed by atoms with Crippen LogP contribution in [0.4, 0.5) is 5.69 Å². The van der Waals surface area contributed by atoms with E-state index in [9.17, 15) is 9.59 Å². The van der Waals surface area contributed by atoms with Gasteiger partial charge in [0, 0.05) is 5.92 Å². The molecular formula is C14H19NO4. The number of hydrogen-bond acceptors (Lipinski definition) is 3. The summed E-state index contributed by atoms with van der Waals surface area (Å²) in [5.41, 5.74) is 0.488. The minimum absolute atomic E-state index is 0.0645. The maximum Gasteiger partial charge on any atom is 0.335 e. The summed E-state index contributed by atoms with van der Waals surface area (Å²) >= 11 is 0. The standard InChI is InChI=1S/C14H19NO4/c1-8(2)13(16)15-11-7-10(14(17)18)5-6-12(11)19-9(3)4/h5-9H,1-4H3,(H,15,16)(H,17,18). The molecule has 0 spiro atoms. The summed E-state index contributed by atoms with van der Waals surface area (Å²) < 4.78 is 5.55. The lowest BCUT2D eigenvalue weighted by molar-refractivity contribution is -0.118. The highest BCUT2D eigenvalue weighted by Crippen LogP contribution is 2.27. The molecule has 1 amide bonds. The van der Waals surface area contributed by atoms with E-state index < -0.39 is 5.97 Å². The number of rotatable bonds is 5. The van der Waals surface area contributed by atoms with Gasteiger partial charge in [0.2, 0.25) is 5.91 Å². The summed E-state index contributed by atoms with van der Waals surface area (Å²) in [5, 5.41) is 11.7. The number of aromatic carboxylic acids is 1. The van der Waals surface area contributed by atoms with E-state index in [4.69, 9.17) is 9.84 Å². The molecule has 2 N–H and O–H groups in total. The maximum atomic E-state index is 11.7. The first-order valence-corrected chi connectivity index (χ1v) is 6.16. The lowest BCUT2D eigenvalue weighted by atomic mass is 10.1. The summed E-state index contributed by atoms with van der Waals surface area (Å²) in [6.45, 7) is 7.25. The van der Waals surface area contributed by atoms with Gasteiger partial charge in [0.1, 0.15) is 5.75 Å². The maximum absolute atomic E-state index is 11.7. The molecule has 5 nitrogen and oxygen atoms in total. The van der Waals surface area contributed by atoms with Crippen LogP contribution in [0.15, 0.2) is 18.2 Å². The van der Waals surface area contributed by atoms with E-state index in [2.05, 4.69) is 5.32 Å². The Bertz CT molecular complexity index is 480. The van der Waals surface area contributed by atoms with E-state index in [0.29, 0.717) is 11.4 Å². The number of carbonyl (C=O) groups excluding carboxylic acids is 1. The number of hydrogen-bond donors (Lipinski definition) is 2. The number of carboxylic acids is 1. The van der Waals surface area contributed by atoms with Gasteiger partial charge in [-0.25, -0.2) is 4.79 Å². The van der Waals surface area contributed by atoms with Gasteiger partial charge in [0.15, 0.2) is 0 Å². The Morgan fingerprint density at radius 2 is 1.84 bits per heavy atom. The molecule has 0 fully saturated rings. The van der Waals surface area contributed by atoms with Crippen LogP contribution in [0.25, 0.3) is 0 Å². The molecule has 5 heteroatoms. The lowest BCUT2D eigenvalue weighted by Crippen LogP contribution is -2.19. The first kappa shape index (κ1) is 15.0. The Morgan fingerprint density at radius 3 is 2.32 bits per heavy atom. The molecule has 0 aromatic heterocycles. The van der Waals surface area contributed by atoms with Crippen molar-refractivity contribution in [3.63, 3.8) is 0 Å². The largest absolute Gasteiger partial charge is 0.489 e. The lowest BCUT2D eigenvalue weighted by Gasteiger charge is -2.16. The van der Waals surface area contributed by atoms with E-state index in [-0.39, 0.29) is 23.5 Å². The van der Waals surface area contributed by atoms with Gasteiger partial charge in [0.05, 0.1) is 17.4 Å². The van der Waals surface area contributed by atoms with Crippen LogP contribution in [-0.2, 0) is 4.79 Å². The van der Waals surface area contributed by atoms with Gasteiger partial charge in [-0.3, -0.25) is 4.79 Å². The Kier molecular flexibility index (Phi) is 4.92. The Hall–Kier alpha value is -2.04. The zero-order chi connectivity index (χ0) is 14.6. The Morgan fingerprint density at radius 1 is 1.21 bits per heavy atom. The average Bonchev–Trinajstić information content (AvgIpc) is 2.30. The van der Waals surface area contributed by atoms with Crippen molar-refractivity contribution in [2.75, 3.05) is 5.32 Å². The molecule has 0 saturated carbocycles. The topological polar surface area (TPSA) is 75.6 Å². The highest BCUT2D eigenvalue weighted by molar-refractivity contribution is 5.96. The van der Waals surface area contributed by atoms with Gasteiger partial charge >= 0.3 is 5.97 Å². The SMILES string of the molecule is CC(C)Oc1ccc(C(=O)O)cc1NC(=O)C(C)C. The number of carbonyl (C=O) groups is 2. The van der Waals surface area contributed by atoms with Crippen molar-refractivity contribution >= 4 is 17.6 Å². The summed E-state index contributed by atoms with van der Waals surface area (Å²) in [7, 11) is 0. The zero-order valence-corrected chi connectivity index (χ0v) is 11.6. The van der Waals surface area contributed by atoms with Crippen molar-refractivity contribution in [3.05, 3.63) is 23.8 Å². The van der Waals surface area contributed by atoms with E-state index in [1.54, 1.807) is 19.9 Å². The van der Waals surface area contributed by atoms with Gasteiger partial charge in [0.25, 0.3) is 0 Å². The van der Waals surface area contributed by atoms with Gasteiger partial charge in [-0.1, -0.05) is 13.8 Å². The number of amides is 1. The number of nitrogens with one attached hydrogen (secondary N) is 1. The molecule has 0 heterocycles. The van der Waals surface area contributed by atoms with Gasteiger partial charge in [-0.05, 0) is 32.0 Å². The van der Waals surface area contributed by atoms with Crippen LogP contribution in [0.1, 0.15) is 38.1 Å². The monoisotopic (exact) mass is 265 g/mol. The van der Waals surface area contributed by atoms with Crippen LogP contribution in [0.2, 0.25) is 0 Å². The Labute approximate surface area is 112 Å². The summed E-state index contributed by atoms with van der Waals surface area (Å²) in [6.07, 6.45) is -0.0645.